The third kappa shape index (κ3) is 6.30. The Morgan fingerprint density at radius 1 is 1.24 bits per heavy atom. The molecule has 0 aromatic carbocycles. The summed E-state index contributed by atoms with van der Waals surface area (Å²) in [6, 6.07) is 0.537. The van der Waals surface area contributed by atoms with Gasteiger partial charge in [0, 0.05) is 12.6 Å². The standard InChI is InChI=1S/C16H31N3O.HI/c1-3-17-15(18-12-16(20)9-4-5-10-16)19-14-8-6-7-13(2)11-14;/h13-14,20H,3-12H2,1-2H3,(H2,17,18,19);1H. The number of aliphatic imine (C=N–C) groups is 1. The van der Waals surface area contributed by atoms with Crippen molar-refractivity contribution in [2.45, 2.75) is 76.9 Å². The van der Waals surface area contributed by atoms with E-state index < -0.39 is 5.60 Å². The fourth-order valence-electron chi connectivity index (χ4n) is 3.50. The molecule has 0 radical (unpaired) electrons. The Morgan fingerprint density at radius 3 is 2.57 bits per heavy atom. The lowest BCUT2D eigenvalue weighted by molar-refractivity contribution is 0.0574. The van der Waals surface area contributed by atoms with Crippen LogP contribution in [0.5, 0.6) is 0 Å². The molecule has 0 spiro atoms. The van der Waals surface area contributed by atoms with E-state index in [1.165, 1.54) is 25.7 Å². The van der Waals surface area contributed by atoms with Crippen molar-refractivity contribution in [3.63, 3.8) is 0 Å². The van der Waals surface area contributed by atoms with Crippen molar-refractivity contribution in [2.75, 3.05) is 13.1 Å². The van der Waals surface area contributed by atoms with Crippen molar-refractivity contribution < 1.29 is 5.11 Å². The smallest absolute Gasteiger partial charge is 0.191 e. The Bertz CT molecular complexity index is 329. The highest BCUT2D eigenvalue weighted by Crippen LogP contribution is 2.29. The Hall–Kier alpha value is -0.0400. The van der Waals surface area contributed by atoms with Gasteiger partial charge >= 0.3 is 0 Å². The fourth-order valence-corrected chi connectivity index (χ4v) is 3.50. The second kappa shape index (κ2) is 9.18. The van der Waals surface area contributed by atoms with Crippen molar-refractivity contribution >= 4 is 29.9 Å². The van der Waals surface area contributed by atoms with Crippen LogP contribution in [0.4, 0.5) is 0 Å². The van der Waals surface area contributed by atoms with Gasteiger partial charge in [-0.1, -0.05) is 32.6 Å². The zero-order chi connectivity index (χ0) is 14.4. The van der Waals surface area contributed by atoms with E-state index in [-0.39, 0.29) is 24.0 Å². The monoisotopic (exact) mass is 409 g/mol. The molecule has 2 saturated carbocycles. The van der Waals surface area contributed by atoms with Crippen LogP contribution in [0.2, 0.25) is 0 Å². The Labute approximate surface area is 146 Å². The number of nitrogens with one attached hydrogen (secondary N) is 2. The van der Waals surface area contributed by atoms with E-state index in [1.54, 1.807) is 0 Å². The minimum absolute atomic E-state index is 0. The van der Waals surface area contributed by atoms with Gasteiger partial charge in [-0.05, 0) is 38.5 Å². The number of halogens is 1. The van der Waals surface area contributed by atoms with E-state index in [0.717, 1.165) is 44.1 Å². The molecule has 0 amide bonds. The maximum Gasteiger partial charge on any atom is 0.191 e. The van der Waals surface area contributed by atoms with E-state index in [0.29, 0.717) is 12.6 Å². The number of aliphatic hydroxyl groups is 1. The average Bonchev–Trinajstić information content (AvgIpc) is 2.84. The molecule has 124 valence electrons. The molecular formula is C16H32IN3O. The lowest BCUT2D eigenvalue weighted by Crippen LogP contribution is -2.46. The lowest BCUT2D eigenvalue weighted by Gasteiger charge is -2.29. The van der Waals surface area contributed by atoms with Crippen LogP contribution >= 0.6 is 24.0 Å². The summed E-state index contributed by atoms with van der Waals surface area (Å²) in [4.78, 5) is 4.63. The van der Waals surface area contributed by atoms with Crippen LogP contribution in [-0.2, 0) is 0 Å². The van der Waals surface area contributed by atoms with Crippen LogP contribution in [0.25, 0.3) is 0 Å². The van der Waals surface area contributed by atoms with Crippen molar-refractivity contribution in [1.29, 1.82) is 0 Å². The molecule has 0 aliphatic heterocycles. The van der Waals surface area contributed by atoms with Crippen molar-refractivity contribution in [3.8, 4) is 0 Å². The number of guanidine groups is 1. The number of hydrogen-bond donors (Lipinski definition) is 3. The number of rotatable bonds is 4. The number of nitrogens with zero attached hydrogens (tertiary/aromatic N) is 1. The van der Waals surface area contributed by atoms with E-state index in [2.05, 4.69) is 29.5 Å². The SMILES string of the molecule is CCNC(=NCC1(O)CCCC1)NC1CCCC(C)C1.I. The van der Waals surface area contributed by atoms with Crippen molar-refractivity contribution in [2.24, 2.45) is 10.9 Å². The van der Waals surface area contributed by atoms with Gasteiger partial charge in [-0.2, -0.15) is 0 Å². The first-order valence-electron chi connectivity index (χ1n) is 8.38. The molecule has 2 aliphatic rings. The summed E-state index contributed by atoms with van der Waals surface area (Å²) in [5.41, 5.74) is -0.553. The number of hydrogen-bond acceptors (Lipinski definition) is 2. The van der Waals surface area contributed by atoms with Crippen LogP contribution in [0, 0.1) is 5.92 Å². The minimum atomic E-state index is -0.553. The molecular weight excluding hydrogens is 377 g/mol. The summed E-state index contributed by atoms with van der Waals surface area (Å²) < 4.78 is 0. The van der Waals surface area contributed by atoms with Crippen LogP contribution < -0.4 is 10.6 Å². The van der Waals surface area contributed by atoms with Crippen LogP contribution in [-0.4, -0.2) is 35.8 Å². The highest BCUT2D eigenvalue weighted by molar-refractivity contribution is 14.0. The molecule has 3 N–H and O–H groups in total. The van der Waals surface area contributed by atoms with Gasteiger partial charge in [-0.15, -0.1) is 24.0 Å². The highest BCUT2D eigenvalue weighted by atomic mass is 127. The minimum Gasteiger partial charge on any atom is -0.388 e. The van der Waals surface area contributed by atoms with Gasteiger partial charge in [0.05, 0.1) is 12.1 Å². The topological polar surface area (TPSA) is 56.7 Å². The van der Waals surface area contributed by atoms with E-state index >= 15 is 0 Å². The predicted molar refractivity (Wildman–Crippen MR) is 99.4 cm³/mol. The van der Waals surface area contributed by atoms with Gasteiger partial charge in [0.15, 0.2) is 5.96 Å². The first kappa shape index (κ1) is 19.0. The lowest BCUT2D eigenvalue weighted by atomic mass is 9.87. The van der Waals surface area contributed by atoms with Crippen LogP contribution in [0.1, 0.15) is 65.2 Å². The second-order valence-electron chi connectivity index (χ2n) is 6.74. The second-order valence-corrected chi connectivity index (χ2v) is 6.74. The first-order valence-corrected chi connectivity index (χ1v) is 8.38. The molecule has 2 unspecified atom stereocenters. The van der Waals surface area contributed by atoms with E-state index in [1.807, 2.05) is 0 Å². The summed E-state index contributed by atoms with van der Waals surface area (Å²) in [7, 11) is 0. The molecule has 2 fully saturated rings. The zero-order valence-corrected chi connectivity index (χ0v) is 15.9. The summed E-state index contributed by atoms with van der Waals surface area (Å²) in [5.74, 6) is 1.69. The third-order valence-electron chi connectivity index (χ3n) is 4.69. The normalized spacial score (nSPS) is 28.8. The van der Waals surface area contributed by atoms with E-state index in [9.17, 15) is 5.11 Å². The molecule has 2 atom stereocenters. The van der Waals surface area contributed by atoms with Crippen LogP contribution in [0.15, 0.2) is 4.99 Å². The highest BCUT2D eigenvalue weighted by Gasteiger charge is 2.31. The fraction of sp³-hybridized carbons (Fsp3) is 0.938. The molecule has 4 nitrogen and oxygen atoms in total. The Balaban J connectivity index is 0.00000220. The molecule has 0 aromatic heterocycles. The van der Waals surface area contributed by atoms with Gasteiger partial charge in [0.2, 0.25) is 0 Å². The molecule has 21 heavy (non-hydrogen) atoms. The van der Waals surface area contributed by atoms with Gasteiger partial charge in [0.25, 0.3) is 0 Å². The molecule has 0 saturated heterocycles. The van der Waals surface area contributed by atoms with Gasteiger partial charge < -0.3 is 15.7 Å². The van der Waals surface area contributed by atoms with Gasteiger partial charge in [0.1, 0.15) is 0 Å². The maximum absolute atomic E-state index is 10.4. The molecule has 0 aromatic rings. The van der Waals surface area contributed by atoms with Gasteiger partial charge in [-0.25, -0.2) is 0 Å². The largest absolute Gasteiger partial charge is 0.388 e. The quantitative estimate of drug-likeness (QED) is 0.380. The average molecular weight is 409 g/mol. The Kier molecular flexibility index (Phi) is 8.31. The molecule has 5 heteroatoms. The summed E-state index contributed by atoms with van der Waals surface area (Å²) in [6.07, 6.45) is 9.19. The van der Waals surface area contributed by atoms with Crippen LogP contribution in [0.3, 0.4) is 0 Å². The predicted octanol–water partition coefficient (Wildman–Crippen LogP) is 3.04. The third-order valence-corrected chi connectivity index (χ3v) is 4.69. The first-order chi connectivity index (χ1) is 9.61. The Morgan fingerprint density at radius 2 is 1.95 bits per heavy atom. The molecule has 2 aliphatic carbocycles. The van der Waals surface area contributed by atoms with Crippen molar-refractivity contribution in [1.82, 2.24) is 10.6 Å². The molecule has 0 heterocycles. The van der Waals surface area contributed by atoms with Gasteiger partial charge in [-0.3, -0.25) is 4.99 Å². The summed E-state index contributed by atoms with van der Waals surface area (Å²) in [6.45, 7) is 5.82. The summed E-state index contributed by atoms with van der Waals surface area (Å²) >= 11 is 0. The zero-order valence-electron chi connectivity index (χ0n) is 13.5. The molecule has 0 bridgehead atoms. The van der Waals surface area contributed by atoms with Crippen molar-refractivity contribution in [3.05, 3.63) is 0 Å². The summed E-state index contributed by atoms with van der Waals surface area (Å²) in [5, 5.41) is 17.3. The van der Waals surface area contributed by atoms with E-state index in [4.69, 9.17) is 0 Å². The molecule has 2 rings (SSSR count). The maximum atomic E-state index is 10.4.